The first kappa shape index (κ1) is 14.7. The monoisotopic (exact) mass is 257 g/mol. The molecule has 0 saturated carbocycles. The van der Waals surface area contributed by atoms with Crippen molar-refractivity contribution in [2.75, 3.05) is 12.3 Å². The minimum atomic E-state index is -1.000. The average Bonchev–Trinajstić information content (AvgIpc) is 2.37. The minimum Gasteiger partial charge on any atom is -0.488 e. The highest BCUT2D eigenvalue weighted by Gasteiger charge is 2.15. The molecular weight excluding hydrogens is 236 g/mol. The van der Waals surface area contributed by atoms with Crippen LogP contribution >= 0.6 is 0 Å². The summed E-state index contributed by atoms with van der Waals surface area (Å²) in [6.07, 6.45) is 4.22. The summed E-state index contributed by atoms with van der Waals surface area (Å²) >= 11 is 0. The van der Waals surface area contributed by atoms with Gasteiger partial charge in [-0.15, -0.1) is 0 Å². The van der Waals surface area contributed by atoms with Crippen molar-refractivity contribution < 1.29 is 13.5 Å². The molecule has 0 bridgehead atoms. The first-order valence-corrected chi connectivity index (χ1v) is 6.46. The van der Waals surface area contributed by atoms with Gasteiger partial charge in [-0.1, -0.05) is 33.1 Å². The van der Waals surface area contributed by atoms with E-state index in [1.807, 2.05) is 0 Å². The highest BCUT2D eigenvalue weighted by atomic mass is 19.2. The highest BCUT2D eigenvalue weighted by molar-refractivity contribution is 5.53. The zero-order valence-corrected chi connectivity index (χ0v) is 11.0. The zero-order valence-electron chi connectivity index (χ0n) is 11.0. The maximum Gasteiger partial charge on any atom is 0.202 e. The molecule has 0 radical (unpaired) electrons. The lowest BCUT2D eigenvalue weighted by molar-refractivity contribution is 0.223. The number of nitrogens with two attached hydrogens (primary N) is 1. The summed E-state index contributed by atoms with van der Waals surface area (Å²) < 4.78 is 31.9. The van der Waals surface area contributed by atoms with Gasteiger partial charge in [0, 0.05) is 0 Å². The second-order valence-corrected chi connectivity index (χ2v) is 4.51. The smallest absolute Gasteiger partial charge is 0.202 e. The van der Waals surface area contributed by atoms with Gasteiger partial charge in [0.25, 0.3) is 0 Å². The molecule has 1 aromatic rings. The molecule has 102 valence electrons. The van der Waals surface area contributed by atoms with Crippen LogP contribution in [0.2, 0.25) is 0 Å². The number of ether oxygens (including phenoxy) is 1. The first-order chi connectivity index (χ1) is 8.60. The lowest BCUT2D eigenvalue weighted by Gasteiger charge is -2.17. The van der Waals surface area contributed by atoms with E-state index in [1.54, 1.807) is 0 Å². The van der Waals surface area contributed by atoms with Crippen LogP contribution in [-0.2, 0) is 0 Å². The van der Waals surface area contributed by atoms with Crippen LogP contribution in [0.25, 0.3) is 0 Å². The maximum absolute atomic E-state index is 13.5. The molecule has 1 atom stereocenters. The second kappa shape index (κ2) is 7.19. The number of nitrogen functional groups attached to an aromatic ring is 1. The second-order valence-electron chi connectivity index (χ2n) is 4.51. The van der Waals surface area contributed by atoms with Gasteiger partial charge in [0.1, 0.15) is 0 Å². The van der Waals surface area contributed by atoms with Gasteiger partial charge in [-0.3, -0.25) is 0 Å². The molecular formula is C14H21F2NO. The molecule has 4 heteroatoms. The molecule has 2 nitrogen and oxygen atoms in total. The molecule has 0 heterocycles. The fraction of sp³-hybridized carbons (Fsp3) is 0.571. The Balaban J connectivity index is 2.64. The topological polar surface area (TPSA) is 35.2 Å². The predicted molar refractivity (Wildman–Crippen MR) is 69.6 cm³/mol. The van der Waals surface area contributed by atoms with E-state index in [-0.39, 0.29) is 11.4 Å². The van der Waals surface area contributed by atoms with Gasteiger partial charge >= 0.3 is 0 Å². The van der Waals surface area contributed by atoms with Crippen LogP contribution in [0.15, 0.2) is 12.1 Å². The molecule has 1 rings (SSSR count). The summed E-state index contributed by atoms with van der Waals surface area (Å²) in [4.78, 5) is 0. The van der Waals surface area contributed by atoms with E-state index in [0.717, 1.165) is 31.7 Å². The number of halogens is 2. The predicted octanol–water partition coefficient (Wildman–Crippen LogP) is 4.14. The average molecular weight is 257 g/mol. The third-order valence-electron chi connectivity index (χ3n) is 3.09. The molecule has 0 amide bonds. The van der Waals surface area contributed by atoms with Crippen molar-refractivity contribution in [2.45, 2.75) is 39.5 Å². The van der Waals surface area contributed by atoms with Crippen molar-refractivity contribution in [2.24, 2.45) is 5.92 Å². The van der Waals surface area contributed by atoms with E-state index >= 15 is 0 Å². The minimum absolute atomic E-state index is 0.138. The van der Waals surface area contributed by atoms with Gasteiger partial charge < -0.3 is 10.5 Å². The fourth-order valence-electron chi connectivity index (χ4n) is 1.79. The Kier molecular flexibility index (Phi) is 5.89. The third kappa shape index (κ3) is 3.86. The quantitative estimate of drug-likeness (QED) is 0.745. The van der Waals surface area contributed by atoms with Crippen molar-refractivity contribution >= 4 is 5.69 Å². The number of hydrogen-bond donors (Lipinski definition) is 1. The van der Waals surface area contributed by atoms with E-state index in [1.165, 1.54) is 6.07 Å². The molecule has 0 aliphatic heterocycles. The lowest BCUT2D eigenvalue weighted by atomic mass is 10.0. The SMILES string of the molecule is CCCCC(CC)COc1c(N)ccc(F)c1F. The molecule has 18 heavy (non-hydrogen) atoms. The Morgan fingerprint density at radius 1 is 1.28 bits per heavy atom. The molecule has 0 saturated heterocycles. The van der Waals surface area contributed by atoms with E-state index in [4.69, 9.17) is 10.5 Å². The van der Waals surface area contributed by atoms with Gasteiger partial charge in [0.15, 0.2) is 11.6 Å². The van der Waals surface area contributed by atoms with Gasteiger partial charge in [0.05, 0.1) is 12.3 Å². The maximum atomic E-state index is 13.5. The number of rotatable bonds is 7. The highest BCUT2D eigenvalue weighted by Crippen LogP contribution is 2.28. The summed E-state index contributed by atoms with van der Waals surface area (Å²) in [6.45, 7) is 4.56. The standard InChI is InChI=1S/C14H21F2NO/c1-3-5-6-10(4-2)9-18-14-12(17)8-7-11(15)13(14)16/h7-8,10H,3-6,9,17H2,1-2H3. The van der Waals surface area contributed by atoms with Gasteiger partial charge in [-0.2, -0.15) is 4.39 Å². The molecule has 1 unspecified atom stereocenters. The van der Waals surface area contributed by atoms with Crippen LogP contribution in [0.4, 0.5) is 14.5 Å². The largest absolute Gasteiger partial charge is 0.488 e. The zero-order chi connectivity index (χ0) is 13.5. The van der Waals surface area contributed by atoms with Gasteiger partial charge in [-0.05, 0) is 24.5 Å². The van der Waals surface area contributed by atoms with E-state index in [0.29, 0.717) is 12.5 Å². The number of benzene rings is 1. The third-order valence-corrected chi connectivity index (χ3v) is 3.09. The summed E-state index contributed by atoms with van der Waals surface area (Å²) in [5.74, 6) is -1.74. The van der Waals surface area contributed by atoms with Crippen molar-refractivity contribution in [3.05, 3.63) is 23.8 Å². The molecule has 2 N–H and O–H groups in total. The van der Waals surface area contributed by atoms with Crippen LogP contribution in [0.1, 0.15) is 39.5 Å². The van der Waals surface area contributed by atoms with Crippen molar-refractivity contribution in [1.82, 2.24) is 0 Å². The van der Waals surface area contributed by atoms with Crippen molar-refractivity contribution in [1.29, 1.82) is 0 Å². The molecule has 1 aromatic carbocycles. The molecule has 0 spiro atoms. The Morgan fingerprint density at radius 3 is 2.61 bits per heavy atom. The van der Waals surface area contributed by atoms with Crippen LogP contribution in [0, 0.1) is 17.6 Å². The summed E-state index contributed by atoms with van der Waals surface area (Å²) in [5.41, 5.74) is 5.72. The normalized spacial score (nSPS) is 12.4. The van der Waals surface area contributed by atoms with Crippen LogP contribution in [0.5, 0.6) is 5.75 Å². The number of unbranched alkanes of at least 4 members (excludes halogenated alkanes) is 1. The Labute approximate surface area is 107 Å². The van der Waals surface area contributed by atoms with Gasteiger partial charge in [-0.25, -0.2) is 4.39 Å². The van der Waals surface area contributed by atoms with Crippen molar-refractivity contribution in [3.63, 3.8) is 0 Å². The van der Waals surface area contributed by atoms with E-state index < -0.39 is 11.6 Å². The lowest BCUT2D eigenvalue weighted by Crippen LogP contribution is -2.13. The Bertz CT molecular complexity index is 382. The molecule has 0 aliphatic carbocycles. The Morgan fingerprint density at radius 2 is 2.00 bits per heavy atom. The summed E-state index contributed by atoms with van der Waals surface area (Å²) in [5, 5.41) is 0. The molecule has 0 aliphatic rings. The van der Waals surface area contributed by atoms with Crippen molar-refractivity contribution in [3.8, 4) is 5.75 Å². The van der Waals surface area contributed by atoms with E-state index in [9.17, 15) is 8.78 Å². The van der Waals surface area contributed by atoms with Crippen LogP contribution in [-0.4, -0.2) is 6.61 Å². The molecule has 0 aromatic heterocycles. The summed E-state index contributed by atoms with van der Waals surface area (Å²) in [6, 6.07) is 2.33. The number of anilines is 1. The van der Waals surface area contributed by atoms with Gasteiger partial charge in [0.2, 0.25) is 5.82 Å². The summed E-state index contributed by atoms with van der Waals surface area (Å²) in [7, 11) is 0. The molecule has 0 fully saturated rings. The number of hydrogen-bond acceptors (Lipinski definition) is 2. The van der Waals surface area contributed by atoms with E-state index in [2.05, 4.69) is 13.8 Å². The van der Waals surface area contributed by atoms with Crippen LogP contribution in [0.3, 0.4) is 0 Å². The van der Waals surface area contributed by atoms with Crippen LogP contribution < -0.4 is 10.5 Å². The Hall–Kier alpha value is -1.32. The fourth-order valence-corrected chi connectivity index (χ4v) is 1.79. The first-order valence-electron chi connectivity index (χ1n) is 6.46.